The fraction of sp³-hybridized carbons (Fsp3) is 0.500. The highest BCUT2D eigenvalue weighted by molar-refractivity contribution is 6.22. The van der Waals surface area contributed by atoms with Crippen molar-refractivity contribution in [2.45, 2.75) is 32.6 Å². The van der Waals surface area contributed by atoms with Crippen molar-refractivity contribution in [3.05, 3.63) is 40.5 Å². The molecule has 7 nitrogen and oxygen atoms in total. The summed E-state index contributed by atoms with van der Waals surface area (Å²) in [5, 5.41) is 11.7. The molecule has 0 unspecified atom stereocenters. The van der Waals surface area contributed by atoms with Crippen molar-refractivity contribution in [3.63, 3.8) is 0 Å². The molecule has 0 saturated carbocycles. The van der Waals surface area contributed by atoms with Crippen molar-refractivity contribution < 1.29 is 14.5 Å². The number of rotatable bonds is 3. The number of imide groups is 1. The molecule has 2 saturated heterocycles. The van der Waals surface area contributed by atoms with E-state index in [0.29, 0.717) is 30.1 Å². The number of nitro benzene ring substituents is 1. The van der Waals surface area contributed by atoms with Crippen LogP contribution < -0.4 is 9.80 Å². The molecule has 2 heterocycles. The third kappa shape index (κ3) is 3.01. The van der Waals surface area contributed by atoms with E-state index in [4.69, 9.17) is 0 Å². The molecular weight excluding hydrogens is 346 g/mol. The monoisotopic (exact) mass is 369 g/mol. The van der Waals surface area contributed by atoms with Crippen molar-refractivity contribution in [1.29, 1.82) is 0 Å². The molecule has 0 bridgehead atoms. The van der Waals surface area contributed by atoms with Gasteiger partial charge in [-0.1, -0.05) is 19.1 Å². The Morgan fingerprint density at radius 2 is 1.63 bits per heavy atom. The Morgan fingerprint density at radius 1 is 1.04 bits per heavy atom. The summed E-state index contributed by atoms with van der Waals surface area (Å²) in [5.74, 6) is -0.558. The van der Waals surface area contributed by atoms with Crippen molar-refractivity contribution in [2.24, 2.45) is 17.8 Å². The van der Waals surface area contributed by atoms with E-state index in [1.807, 2.05) is 17.1 Å². The summed E-state index contributed by atoms with van der Waals surface area (Å²) in [6.07, 6.45) is 6.96. The molecule has 142 valence electrons. The molecule has 2 atom stereocenters. The van der Waals surface area contributed by atoms with Gasteiger partial charge in [0.05, 0.1) is 22.4 Å². The maximum Gasteiger partial charge on any atom is 0.294 e. The molecule has 2 amide bonds. The summed E-state index contributed by atoms with van der Waals surface area (Å²) in [4.78, 5) is 39.9. The second kappa shape index (κ2) is 6.79. The third-order valence-electron chi connectivity index (χ3n) is 6.05. The number of anilines is 2. The summed E-state index contributed by atoms with van der Waals surface area (Å²) in [7, 11) is 0. The van der Waals surface area contributed by atoms with E-state index in [1.54, 1.807) is 12.1 Å². The van der Waals surface area contributed by atoms with Crippen LogP contribution in [-0.2, 0) is 9.59 Å². The molecule has 4 rings (SSSR count). The van der Waals surface area contributed by atoms with Gasteiger partial charge in [0.15, 0.2) is 0 Å². The van der Waals surface area contributed by atoms with Crippen LogP contribution >= 0.6 is 0 Å². The van der Waals surface area contributed by atoms with E-state index in [1.165, 1.54) is 6.07 Å². The summed E-state index contributed by atoms with van der Waals surface area (Å²) < 4.78 is 0. The number of hydrogen-bond donors (Lipinski definition) is 0. The Labute approximate surface area is 157 Å². The van der Waals surface area contributed by atoms with E-state index in [0.717, 1.165) is 30.8 Å². The average Bonchev–Trinajstić information content (AvgIpc) is 2.93. The SMILES string of the molecule is CC1CCN(c2ccc(N3C(=O)[C@@H]4CC=CC[C@H]4C3=O)cc2[N+](=O)[O-])CC1. The minimum Gasteiger partial charge on any atom is -0.366 e. The molecule has 0 spiro atoms. The first-order chi connectivity index (χ1) is 13.0. The largest absolute Gasteiger partial charge is 0.366 e. The fourth-order valence-corrected chi connectivity index (χ4v) is 4.37. The van der Waals surface area contributed by atoms with Gasteiger partial charge in [-0.05, 0) is 43.7 Å². The number of nitrogens with zero attached hydrogens (tertiary/aromatic N) is 3. The first-order valence-electron chi connectivity index (χ1n) is 9.53. The highest BCUT2D eigenvalue weighted by Gasteiger charge is 2.48. The van der Waals surface area contributed by atoms with Gasteiger partial charge < -0.3 is 4.90 Å². The normalized spacial score (nSPS) is 25.8. The second-order valence-electron chi connectivity index (χ2n) is 7.77. The Morgan fingerprint density at radius 3 is 2.19 bits per heavy atom. The standard InChI is InChI=1S/C20H23N3O4/c1-13-8-10-21(11-9-13)17-7-6-14(12-18(17)23(26)27)22-19(24)15-4-2-3-5-16(15)20(22)25/h2-3,6-7,12-13,15-16H,4-5,8-11H2,1H3/t15-,16-/m1/s1. The van der Waals surface area contributed by atoms with Gasteiger partial charge >= 0.3 is 0 Å². The minimum absolute atomic E-state index is 0.0457. The molecule has 3 aliphatic rings. The van der Waals surface area contributed by atoms with Crippen molar-refractivity contribution in [3.8, 4) is 0 Å². The summed E-state index contributed by atoms with van der Waals surface area (Å²) in [5.41, 5.74) is 0.824. The molecule has 27 heavy (non-hydrogen) atoms. The topological polar surface area (TPSA) is 83.8 Å². The highest BCUT2D eigenvalue weighted by atomic mass is 16.6. The summed E-state index contributed by atoms with van der Waals surface area (Å²) in [6.45, 7) is 3.74. The lowest BCUT2D eigenvalue weighted by atomic mass is 9.85. The first kappa shape index (κ1) is 17.7. The van der Waals surface area contributed by atoms with Crippen LogP contribution in [0.15, 0.2) is 30.4 Å². The summed E-state index contributed by atoms with van der Waals surface area (Å²) >= 11 is 0. The predicted molar refractivity (Wildman–Crippen MR) is 102 cm³/mol. The number of nitro groups is 1. The predicted octanol–water partition coefficient (Wildman–Crippen LogP) is 3.29. The zero-order chi connectivity index (χ0) is 19.1. The molecule has 7 heteroatoms. The number of carbonyl (C=O) groups excluding carboxylic acids is 2. The number of amides is 2. The van der Waals surface area contributed by atoms with E-state index in [-0.39, 0.29) is 29.3 Å². The molecule has 2 aliphatic heterocycles. The first-order valence-corrected chi connectivity index (χ1v) is 9.53. The number of fused-ring (bicyclic) bond motifs is 1. The fourth-order valence-electron chi connectivity index (χ4n) is 4.37. The van der Waals surface area contributed by atoms with Gasteiger partial charge in [-0.25, -0.2) is 4.90 Å². The molecule has 1 aromatic rings. The van der Waals surface area contributed by atoms with Gasteiger partial charge in [0, 0.05) is 19.2 Å². The lowest BCUT2D eigenvalue weighted by molar-refractivity contribution is -0.384. The van der Waals surface area contributed by atoms with Gasteiger partial charge in [-0.2, -0.15) is 0 Å². The summed E-state index contributed by atoms with van der Waals surface area (Å²) in [6, 6.07) is 4.74. The van der Waals surface area contributed by atoms with Crippen LogP contribution in [0.5, 0.6) is 0 Å². The van der Waals surface area contributed by atoms with Gasteiger partial charge in [-0.3, -0.25) is 19.7 Å². The molecule has 0 N–H and O–H groups in total. The molecule has 2 fully saturated rings. The number of benzene rings is 1. The van der Waals surface area contributed by atoms with Crippen LogP contribution in [0.25, 0.3) is 0 Å². The third-order valence-corrected chi connectivity index (χ3v) is 6.05. The zero-order valence-electron chi connectivity index (χ0n) is 15.3. The van der Waals surface area contributed by atoms with Crippen LogP contribution in [0.2, 0.25) is 0 Å². The van der Waals surface area contributed by atoms with E-state index in [9.17, 15) is 19.7 Å². The van der Waals surface area contributed by atoms with Crippen LogP contribution in [0.1, 0.15) is 32.6 Å². The van der Waals surface area contributed by atoms with E-state index >= 15 is 0 Å². The number of carbonyl (C=O) groups is 2. The van der Waals surface area contributed by atoms with Crippen molar-refractivity contribution >= 4 is 28.9 Å². The average molecular weight is 369 g/mol. The minimum atomic E-state index is -0.420. The van der Waals surface area contributed by atoms with Gasteiger partial charge in [0.2, 0.25) is 11.8 Å². The maximum absolute atomic E-state index is 12.7. The van der Waals surface area contributed by atoms with E-state index < -0.39 is 4.92 Å². The molecule has 0 aromatic heterocycles. The maximum atomic E-state index is 12.7. The quantitative estimate of drug-likeness (QED) is 0.353. The smallest absolute Gasteiger partial charge is 0.294 e. The number of piperidine rings is 1. The Balaban J connectivity index is 1.67. The van der Waals surface area contributed by atoms with Gasteiger partial charge in [-0.15, -0.1) is 0 Å². The molecule has 0 radical (unpaired) electrons. The lowest BCUT2D eigenvalue weighted by Crippen LogP contribution is -2.34. The van der Waals surface area contributed by atoms with Crippen molar-refractivity contribution in [1.82, 2.24) is 0 Å². The lowest BCUT2D eigenvalue weighted by Gasteiger charge is -2.32. The van der Waals surface area contributed by atoms with Crippen LogP contribution in [0.4, 0.5) is 17.1 Å². The molecule has 1 aromatic carbocycles. The Hall–Kier alpha value is -2.70. The Kier molecular flexibility index (Phi) is 4.45. The zero-order valence-corrected chi connectivity index (χ0v) is 15.3. The molecular formula is C20H23N3O4. The van der Waals surface area contributed by atoms with Crippen LogP contribution in [-0.4, -0.2) is 29.8 Å². The number of hydrogen-bond acceptors (Lipinski definition) is 5. The van der Waals surface area contributed by atoms with E-state index in [2.05, 4.69) is 6.92 Å². The van der Waals surface area contributed by atoms with Gasteiger partial charge in [0.1, 0.15) is 5.69 Å². The van der Waals surface area contributed by atoms with Crippen LogP contribution in [0.3, 0.4) is 0 Å². The van der Waals surface area contributed by atoms with Gasteiger partial charge in [0.25, 0.3) is 5.69 Å². The Bertz CT molecular complexity index is 801. The highest BCUT2D eigenvalue weighted by Crippen LogP contribution is 2.40. The van der Waals surface area contributed by atoms with Crippen LogP contribution in [0, 0.1) is 27.9 Å². The molecule has 1 aliphatic carbocycles. The van der Waals surface area contributed by atoms with Crippen molar-refractivity contribution in [2.75, 3.05) is 22.9 Å². The number of allylic oxidation sites excluding steroid dienone is 2. The second-order valence-corrected chi connectivity index (χ2v) is 7.77.